The maximum Gasteiger partial charge on any atom is 0.292 e. The molecule has 1 aliphatic rings. The smallest absolute Gasteiger partial charge is 0.292 e. The molecule has 31 heavy (non-hydrogen) atoms. The van der Waals surface area contributed by atoms with E-state index in [9.17, 15) is 9.59 Å². The van der Waals surface area contributed by atoms with Crippen molar-refractivity contribution in [1.82, 2.24) is 14.7 Å². The molecule has 2 heterocycles. The second kappa shape index (κ2) is 9.12. The number of hydrogen-bond donors (Lipinski definition) is 1. The molecule has 160 valence electrons. The number of halogens is 2. The van der Waals surface area contributed by atoms with Gasteiger partial charge in [-0.1, -0.05) is 53.5 Å². The molecule has 1 saturated heterocycles. The summed E-state index contributed by atoms with van der Waals surface area (Å²) in [5.41, 5.74) is 3.60. The molecular formula is C23H22Cl2N4O2. The molecule has 8 heteroatoms. The third-order valence-corrected chi connectivity index (χ3v) is 6.11. The fourth-order valence-electron chi connectivity index (χ4n) is 3.58. The van der Waals surface area contributed by atoms with Gasteiger partial charge in [-0.25, -0.2) is 0 Å². The van der Waals surface area contributed by atoms with Crippen molar-refractivity contribution < 1.29 is 4.79 Å². The van der Waals surface area contributed by atoms with Gasteiger partial charge in [0.15, 0.2) is 0 Å². The van der Waals surface area contributed by atoms with Gasteiger partial charge in [0.05, 0.1) is 17.6 Å². The Labute approximate surface area is 190 Å². The zero-order valence-corrected chi connectivity index (χ0v) is 18.6. The van der Waals surface area contributed by atoms with E-state index in [-0.39, 0.29) is 10.9 Å². The Balaban J connectivity index is 1.48. The Kier molecular flexibility index (Phi) is 6.30. The van der Waals surface area contributed by atoms with Gasteiger partial charge in [-0.15, -0.1) is 0 Å². The molecule has 0 unspecified atom stereocenters. The number of aryl methyl sites for hydroxylation is 1. The van der Waals surface area contributed by atoms with Crippen LogP contribution in [0.3, 0.4) is 0 Å². The van der Waals surface area contributed by atoms with E-state index in [1.54, 1.807) is 12.1 Å². The Morgan fingerprint density at radius 3 is 2.65 bits per heavy atom. The normalized spacial score (nSPS) is 13.6. The van der Waals surface area contributed by atoms with Crippen LogP contribution in [-0.2, 0) is 17.9 Å². The summed E-state index contributed by atoms with van der Waals surface area (Å²) in [6.07, 6.45) is 3.09. The minimum absolute atomic E-state index is 0.0607. The first kappa shape index (κ1) is 21.4. The van der Waals surface area contributed by atoms with Crippen LogP contribution < -0.4 is 10.9 Å². The first-order valence-corrected chi connectivity index (χ1v) is 10.8. The number of benzene rings is 2. The van der Waals surface area contributed by atoms with Crippen molar-refractivity contribution in [2.45, 2.75) is 32.9 Å². The van der Waals surface area contributed by atoms with Crippen molar-refractivity contribution in [3.05, 3.63) is 85.8 Å². The Hall–Kier alpha value is -2.83. The molecule has 6 nitrogen and oxygen atoms in total. The minimum Gasteiger partial charge on any atom is -0.378 e. The number of nitrogens with zero attached hydrogens (tertiary/aromatic N) is 3. The number of nitrogens with one attached hydrogen (secondary N) is 1. The number of anilines is 1. The fourth-order valence-corrected chi connectivity index (χ4v) is 3.95. The van der Waals surface area contributed by atoms with E-state index in [4.69, 9.17) is 23.2 Å². The van der Waals surface area contributed by atoms with E-state index in [1.807, 2.05) is 36.1 Å². The van der Waals surface area contributed by atoms with E-state index in [0.717, 1.165) is 29.7 Å². The number of amides is 1. The van der Waals surface area contributed by atoms with E-state index in [2.05, 4.69) is 16.5 Å². The largest absolute Gasteiger partial charge is 0.378 e. The van der Waals surface area contributed by atoms with E-state index < -0.39 is 5.56 Å². The quantitative estimate of drug-likeness (QED) is 0.589. The third-order valence-electron chi connectivity index (χ3n) is 5.34. The number of carbonyl (C=O) groups is 1. The molecule has 0 radical (unpaired) electrons. The van der Waals surface area contributed by atoms with Gasteiger partial charge in [-0.2, -0.15) is 9.78 Å². The summed E-state index contributed by atoms with van der Waals surface area (Å²) < 4.78 is 1.23. The van der Waals surface area contributed by atoms with Crippen LogP contribution in [0.2, 0.25) is 10.0 Å². The zero-order valence-electron chi connectivity index (χ0n) is 17.1. The average molecular weight is 457 g/mol. The maximum atomic E-state index is 12.7. The number of hydrogen-bond acceptors (Lipinski definition) is 4. The lowest BCUT2D eigenvalue weighted by molar-refractivity contribution is -0.128. The van der Waals surface area contributed by atoms with Crippen LogP contribution in [0.1, 0.15) is 29.5 Å². The third kappa shape index (κ3) is 4.75. The molecule has 1 amide bonds. The monoisotopic (exact) mass is 456 g/mol. The van der Waals surface area contributed by atoms with E-state index in [0.29, 0.717) is 35.9 Å². The van der Waals surface area contributed by atoms with Crippen LogP contribution in [0.4, 0.5) is 5.69 Å². The topological polar surface area (TPSA) is 67.2 Å². The van der Waals surface area contributed by atoms with Crippen molar-refractivity contribution in [1.29, 1.82) is 0 Å². The zero-order chi connectivity index (χ0) is 22.0. The van der Waals surface area contributed by atoms with Gasteiger partial charge in [0.1, 0.15) is 5.02 Å². The Morgan fingerprint density at radius 2 is 1.90 bits per heavy atom. The van der Waals surface area contributed by atoms with Gasteiger partial charge in [0.2, 0.25) is 5.91 Å². The molecule has 1 aromatic heterocycles. The van der Waals surface area contributed by atoms with Gasteiger partial charge in [0, 0.05) is 31.1 Å². The van der Waals surface area contributed by atoms with Crippen LogP contribution in [0.15, 0.2) is 53.5 Å². The summed E-state index contributed by atoms with van der Waals surface area (Å²) in [6.45, 7) is 3.79. The van der Waals surface area contributed by atoms with Crippen molar-refractivity contribution in [2.24, 2.45) is 0 Å². The fraction of sp³-hybridized carbons (Fsp3) is 0.261. The Bertz CT molecular complexity index is 1190. The van der Waals surface area contributed by atoms with Gasteiger partial charge in [-0.3, -0.25) is 9.59 Å². The molecule has 4 rings (SSSR count). The van der Waals surface area contributed by atoms with Gasteiger partial charge in [-0.05, 0) is 42.2 Å². The first-order chi connectivity index (χ1) is 14.9. The summed E-state index contributed by atoms with van der Waals surface area (Å²) >= 11 is 12.5. The molecule has 1 N–H and O–H groups in total. The van der Waals surface area contributed by atoms with Crippen LogP contribution in [0.5, 0.6) is 0 Å². The van der Waals surface area contributed by atoms with Gasteiger partial charge >= 0.3 is 0 Å². The predicted octanol–water partition coefficient (Wildman–Crippen LogP) is 4.58. The lowest BCUT2D eigenvalue weighted by atomic mass is 10.1. The molecule has 0 saturated carbocycles. The molecule has 0 spiro atoms. The number of carbonyl (C=O) groups excluding carboxylic acids is 1. The lowest BCUT2D eigenvalue weighted by Crippen LogP contribution is -2.24. The highest BCUT2D eigenvalue weighted by Crippen LogP contribution is 2.21. The number of rotatable bonds is 6. The predicted molar refractivity (Wildman–Crippen MR) is 123 cm³/mol. The van der Waals surface area contributed by atoms with Crippen molar-refractivity contribution in [3.63, 3.8) is 0 Å². The second-order valence-corrected chi connectivity index (χ2v) is 8.40. The molecule has 0 aliphatic carbocycles. The van der Waals surface area contributed by atoms with E-state index in [1.165, 1.54) is 10.9 Å². The van der Waals surface area contributed by atoms with Crippen LogP contribution in [-0.4, -0.2) is 27.1 Å². The van der Waals surface area contributed by atoms with Gasteiger partial charge in [0.25, 0.3) is 5.56 Å². The minimum atomic E-state index is -0.423. The molecule has 2 aromatic carbocycles. The maximum absolute atomic E-state index is 12.7. The summed E-state index contributed by atoms with van der Waals surface area (Å²) in [7, 11) is 0. The number of likely N-dealkylation sites (tertiary alicyclic amines) is 1. The van der Waals surface area contributed by atoms with Crippen molar-refractivity contribution in [3.8, 4) is 5.69 Å². The molecular weight excluding hydrogens is 435 g/mol. The molecule has 3 aromatic rings. The summed E-state index contributed by atoms with van der Waals surface area (Å²) in [5, 5.41) is 8.04. The highest BCUT2D eigenvalue weighted by molar-refractivity contribution is 6.33. The van der Waals surface area contributed by atoms with Gasteiger partial charge < -0.3 is 10.2 Å². The highest BCUT2D eigenvalue weighted by Gasteiger charge is 2.20. The average Bonchev–Trinajstić information content (AvgIpc) is 3.16. The highest BCUT2D eigenvalue weighted by atomic mass is 35.5. The summed E-state index contributed by atoms with van der Waals surface area (Å²) in [4.78, 5) is 26.5. The lowest BCUT2D eigenvalue weighted by Gasteiger charge is -2.16. The second-order valence-electron chi connectivity index (χ2n) is 7.62. The molecule has 0 atom stereocenters. The number of aromatic nitrogens is 2. The van der Waals surface area contributed by atoms with Crippen LogP contribution in [0, 0.1) is 6.92 Å². The van der Waals surface area contributed by atoms with Crippen LogP contribution >= 0.6 is 23.2 Å². The van der Waals surface area contributed by atoms with Crippen LogP contribution in [0.25, 0.3) is 5.69 Å². The molecule has 1 fully saturated rings. The molecule has 1 aliphatic heterocycles. The first-order valence-electron chi connectivity index (χ1n) is 10.1. The SMILES string of the molecule is Cc1ccc(-n2ncc(NCc3cccc(CN4CCCC4=O)c3)c(Cl)c2=O)cc1Cl. The summed E-state index contributed by atoms with van der Waals surface area (Å²) in [5.74, 6) is 0.205. The summed E-state index contributed by atoms with van der Waals surface area (Å²) in [6, 6.07) is 13.3. The van der Waals surface area contributed by atoms with Crippen molar-refractivity contribution >= 4 is 34.8 Å². The van der Waals surface area contributed by atoms with Crippen molar-refractivity contribution in [2.75, 3.05) is 11.9 Å². The Morgan fingerprint density at radius 1 is 1.10 bits per heavy atom. The van der Waals surface area contributed by atoms with E-state index >= 15 is 0 Å². The molecule has 0 bridgehead atoms. The standard InChI is InChI=1S/C23H22Cl2N4O2/c1-15-7-8-18(11-19(15)24)29-23(31)22(25)20(13-27-29)26-12-16-4-2-5-17(10-16)14-28-9-3-6-21(28)30/h2,4-5,7-8,10-11,13,26H,3,6,9,12,14H2,1H3.